The second kappa shape index (κ2) is 8.91. The maximum absolute atomic E-state index is 13.4. The van der Waals surface area contributed by atoms with Crippen LogP contribution < -0.4 is 5.32 Å². The number of nitrogens with one attached hydrogen (secondary N) is 1. The molecule has 0 unspecified atom stereocenters. The Morgan fingerprint density at radius 2 is 1.83 bits per heavy atom. The molecule has 4 rings (SSSR count). The summed E-state index contributed by atoms with van der Waals surface area (Å²) in [4.78, 5) is 21.8. The van der Waals surface area contributed by atoms with Crippen LogP contribution in [-0.4, -0.2) is 36.9 Å². The van der Waals surface area contributed by atoms with Gasteiger partial charge in [0.05, 0.1) is 11.4 Å². The van der Waals surface area contributed by atoms with E-state index in [0.717, 1.165) is 37.1 Å². The van der Waals surface area contributed by atoms with Crippen LogP contribution in [0.25, 0.3) is 5.69 Å². The van der Waals surface area contributed by atoms with Gasteiger partial charge in [0.1, 0.15) is 5.82 Å². The molecular formula is C21H23FN6OS. The Bertz CT molecular complexity index is 1030. The van der Waals surface area contributed by atoms with Crippen LogP contribution in [0.3, 0.4) is 0 Å². The van der Waals surface area contributed by atoms with Gasteiger partial charge in [-0.05, 0) is 57.0 Å². The Morgan fingerprint density at radius 3 is 2.50 bits per heavy atom. The van der Waals surface area contributed by atoms with Crippen LogP contribution in [0.4, 0.5) is 4.39 Å². The second-order valence-electron chi connectivity index (χ2n) is 7.45. The molecule has 9 heteroatoms. The number of rotatable bonds is 6. The topological polar surface area (TPSA) is 85.6 Å². The Morgan fingerprint density at radius 1 is 1.17 bits per heavy atom. The van der Waals surface area contributed by atoms with Gasteiger partial charge in [0, 0.05) is 23.2 Å². The number of aromatic nitrogens is 5. The average molecular weight is 427 g/mol. The zero-order chi connectivity index (χ0) is 21.1. The van der Waals surface area contributed by atoms with Crippen molar-refractivity contribution in [1.29, 1.82) is 0 Å². The number of aryl methyl sites for hydroxylation is 2. The summed E-state index contributed by atoms with van der Waals surface area (Å²) >= 11 is 1.42. The zero-order valence-electron chi connectivity index (χ0n) is 16.9. The van der Waals surface area contributed by atoms with Crippen LogP contribution in [-0.2, 0) is 5.75 Å². The standard InChI is InChI=1S/C21H23FN6OS/c1-13-11-14(2)24-21(23-13)30-12-18-19(20(29)25-16-5-3-4-6-16)26-27-28(18)17-9-7-15(22)8-10-17/h7-11,16H,3-6,12H2,1-2H3,(H,25,29). The van der Waals surface area contributed by atoms with Crippen molar-refractivity contribution in [1.82, 2.24) is 30.3 Å². The van der Waals surface area contributed by atoms with Crippen LogP contribution in [0.2, 0.25) is 0 Å². The smallest absolute Gasteiger partial charge is 0.274 e. The molecule has 0 bridgehead atoms. The molecule has 3 aromatic rings. The molecule has 1 saturated carbocycles. The molecule has 0 spiro atoms. The van der Waals surface area contributed by atoms with Crippen molar-refractivity contribution >= 4 is 17.7 Å². The number of carbonyl (C=O) groups is 1. The number of carbonyl (C=O) groups excluding carboxylic acids is 1. The lowest BCUT2D eigenvalue weighted by Gasteiger charge is -2.12. The second-order valence-corrected chi connectivity index (χ2v) is 8.39. The van der Waals surface area contributed by atoms with E-state index >= 15 is 0 Å². The first kappa shape index (κ1) is 20.5. The molecule has 2 aromatic heterocycles. The van der Waals surface area contributed by atoms with E-state index in [2.05, 4.69) is 25.6 Å². The highest BCUT2D eigenvalue weighted by Crippen LogP contribution is 2.24. The number of nitrogens with zero attached hydrogens (tertiary/aromatic N) is 5. The molecule has 0 atom stereocenters. The molecule has 1 fully saturated rings. The average Bonchev–Trinajstić information content (AvgIpc) is 3.36. The highest BCUT2D eigenvalue weighted by atomic mass is 32.2. The Labute approximate surface area is 178 Å². The van der Waals surface area contributed by atoms with Gasteiger partial charge in [-0.3, -0.25) is 4.79 Å². The van der Waals surface area contributed by atoms with Crippen molar-refractivity contribution < 1.29 is 9.18 Å². The van der Waals surface area contributed by atoms with Crippen molar-refractivity contribution in [2.75, 3.05) is 0 Å². The van der Waals surface area contributed by atoms with E-state index in [4.69, 9.17) is 0 Å². The minimum Gasteiger partial charge on any atom is -0.348 e. The van der Waals surface area contributed by atoms with Crippen LogP contribution in [0.5, 0.6) is 0 Å². The fourth-order valence-electron chi connectivity index (χ4n) is 3.61. The number of hydrogen-bond acceptors (Lipinski definition) is 6. The van der Waals surface area contributed by atoms with Gasteiger partial charge in [-0.15, -0.1) is 5.10 Å². The lowest BCUT2D eigenvalue weighted by molar-refractivity contribution is 0.0932. The van der Waals surface area contributed by atoms with Crippen LogP contribution in [0.1, 0.15) is 53.3 Å². The normalized spacial score (nSPS) is 14.2. The van der Waals surface area contributed by atoms with E-state index < -0.39 is 0 Å². The molecule has 30 heavy (non-hydrogen) atoms. The molecule has 0 aliphatic heterocycles. The number of halogens is 1. The van der Waals surface area contributed by atoms with Crippen molar-refractivity contribution in [3.63, 3.8) is 0 Å². The monoisotopic (exact) mass is 426 g/mol. The minimum absolute atomic E-state index is 0.178. The highest BCUT2D eigenvalue weighted by molar-refractivity contribution is 7.98. The molecule has 2 heterocycles. The summed E-state index contributed by atoms with van der Waals surface area (Å²) < 4.78 is 15.0. The van der Waals surface area contributed by atoms with Crippen molar-refractivity contribution in [2.24, 2.45) is 0 Å². The molecule has 1 aromatic carbocycles. The fourth-order valence-corrected chi connectivity index (χ4v) is 4.55. The van der Waals surface area contributed by atoms with Crippen molar-refractivity contribution in [2.45, 2.75) is 56.5 Å². The molecule has 0 radical (unpaired) electrons. The SMILES string of the molecule is Cc1cc(C)nc(SCc2c(C(=O)NC3CCCC3)nnn2-c2ccc(F)cc2)n1. The quantitative estimate of drug-likeness (QED) is 0.477. The van der Waals surface area contributed by atoms with Gasteiger partial charge >= 0.3 is 0 Å². The van der Waals surface area contributed by atoms with E-state index in [-0.39, 0.29) is 23.5 Å². The number of hydrogen-bond donors (Lipinski definition) is 1. The van der Waals surface area contributed by atoms with Gasteiger partial charge in [-0.2, -0.15) is 0 Å². The van der Waals surface area contributed by atoms with Crippen molar-refractivity contribution in [3.8, 4) is 5.69 Å². The van der Waals surface area contributed by atoms with E-state index in [1.807, 2.05) is 19.9 Å². The molecular weight excluding hydrogens is 403 g/mol. The van der Waals surface area contributed by atoms with Gasteiger partial charge in [0.2, 0.25) is 0 Å². The largest absolute Gasteiger partial charge is 0.348 e. The van der Waals surface area contributed by atoms with E-state index in [1.54, 1.807) is 16.8 Å². The summed E-state index contributed by atoms with van der Waals surface area (Å²) in [5, 5.41) is 12.0. The number of amides is 1. The summed E-state index contributed by atoms with van der Waals surface area (Å²) in [6, 6.07) is 8.04. The van der Waals surface area contributed by atoms with E-state index in [0.29, 0.717) is 22.3 Å². The maximum Gasteiger partial charge on any atom is 0.274 e. The summed E-state index contributed by atoms with van der Waals surface area (Å²) in [6.07, 6.45) is 4.22. The summed E-state index contributed by atoms with van der Waals surface area (Å²) in [5.74, 6) is -0.162. The maximum atomic E-state index is 13.4. The molecule has 1 amide bonds. The van der Waals surface area contributed by atoms with Crippen LogP contribution in [0.15, 0.2) is 35.5 Å². The molecule has 1 aliphatic rings. The molecule has 7 nitrogen and oxygen atoms in total. The number of benzene rings is 1. The molecule has 156 valence electrons. The third kappa shape index (κ3) is 4.67. The Balaban J connectivity index is 1.64. The molecule has 0 saturated heterocycles. The third-order valence-electron chi connectivity index (χ3n) is 5.04. The fraction of sp³-hybridized carbons (Fsp3) is 0.381. The summed E-state index contributed by atoms with van der Waals surface area (Å²) in [6.45, 7) is 3.84. The molecule has 1 N–H and O–H groups in total. The first-order valence-electron chi connectivity index (χ1n) is 9.96. The zero-order valence-corrected chi connectivity index (χ0v) is 17.7. The highest BCUT2D eigenvalue weighted by Gasteiger charge is 2.25. The van der Waals surface area contributed by atoms with E-state index in [1.165, 1.54) is 23.9 Å². The first-order valence-corrected chi connectivity index (χ1v) is 10.9. The lowest BCUT2D eigenvalue weighted by Crippen LogP contribution is -2.33. The van der Waals surface area contributed by atoms with Gasteiger partial charge in [-0.1, -0.05) is 29.8 Å². The van der Waals surface area contributed by atoms with Crippen molar-refractivity contribution in [3.05, 3.63) is 58.9 Å². The Kier molecular flexibility index (Phi) is 6.08. The minimum atomic E-state index is -0.336. The Hall–Kier alpha value is -2.81. The van der Waals surface area contributed by atoms with Crippen LogP contribution in [0, 0.1) is 19.7 Å². The number of thioether (sulfide) groups is 1. The summed E-state index contributed by atoms with van der Waals surface area (Å²) in [5.41, 5.74) is 3.32. The predicted octanol–water partition coefficient (Wildman–Crippen LogP) is 3.78. The van der Waals surface area contributed by atoms with Gasteiger partial charge in [0.25, 0.3) is 5.91 Å². The predicted molar refractivity (Wildman–Crippen MR) is 112 cm³/mol. The van der Waals surface area contributed by atoms with E-state index in [9.17, 15) is 9.18 Å². The van der Waals surface area contributed by atoms with Gasteiger partial charge in [-0.25, -0.2) is 19.0 Å². The van der Waals surface area contributed by atoms with Gasteiger partial charge in [0.15, 0.2) is 10.9 Å². The lowest BCUT2D eigenvalue weighted by atomic mass is 10.2. The van der Waals surface area contributed by atoms with Gasteiger partial charge < -0.3 is 5.32 Å². The molecule has 1 aliphatic carbocycles. The third-order valence-corrected chi connectivity index (χ3v) is 5.90. The first-order chi connectivity index (χ1) is 14.5. The summed E-state index contributed by atoms with van der Waals surface area (Å²) in [7, 11) is 0. The van der Waals surface area contributed by atoms with Crippen LogP contribution >= 0.6 is 11.8 Å².